The van der Waals surface area contributed by atoms with E-state index in [1.165, 1.54) is 21.2 Å². The summed E-state index contributed by atoms with van der Waals surface area (Å²) < 4.78 is 4.35. The molecular weight excluding hydrogens is 563 g/mol. The van der Waals surface area contributed by atoms with Gasteiger partial charge in [0.25, 0.3) is 0 Å². The number of rotatable bonds is 4. The van der Waals surface area contributed by atoms with Crippen LogP contribution >= 0.6 is 11.8 Å². The average Bonchev–Trinajstić information content (AvgIpc) is 3.40. The van der Waals surface area contributed by atoms with Crippen molar-refractivity contribution in [2.24, 2.45) is 0 Å². The molecule has 0 amide bonds. The van der Waals surface area contributed by atoms with Gasteiger partial charge in [-0.1, -0.05) is 42.1 Å². The van der Waals surface area contributed by atoms with Crippen LogP contribution in [0.25, 0.3) is 28.5 Å². The average molecular weight is 589 g/mol. The molecule has 5 aromatic rings. The molecule has 0 radical (unpaired) electrons. The second kappa shape index (κ2) is 9.87. The maximum absolute atomic E-state index is 4.83. The quantitative estimate of drug-likeness (QED) is 0.237. The van der Waals surface area contributed by atoms with Crippen molar-refractivity contribution in [1.29, 1.82) is 0 Å². The number of benzene rings is 3. The number of anilines is 1. The Morgan fingerprint density at radius 2 is 1.66 bits per heavy atom. The van der Waals surface area contributed by atoms with Crippen LogP contribution in [0.15, 0.2) is 107 Å². The number of aromatic nitrogens is 3. The lowest BCUT2D eigenvalue weighted by Crippen LogP contribution is -3.00. The van der Waals surface area contributed by atoms with E-state index in [0.717, 1.165) is 34.8 Å². The first-order chi connectivity index (χ1) is 16.7. The van der Waals surface area contributed by atoms with Crippen LogP contribution in [0.3, 0.4) is 0 Å². The van der Waals surface area contributed by atoms with Gasteiger partial charge in [-0.3, -0.25) is 4.57 Å². The number of pyridine rings is 1. The normalized spacial score (nSPS) is 13.8. The molecule has 0 unspecified atom stereocenters. The maximum Gasteiger partial charge on any atom is 0.212 e. The SMILES string of the molecule is CCN1/C(=C/c2cc[n+](-c3ccc4c(c3)nc(C)n4-c3ccccc3)cc2)Sc2ccccc21.[I-]. The van der Waals surface area contributed by atoms with Gasteiger partial charge in [-0.15, -0.1) is 0 Å². The number of thioether (sulfide) groups is 1. The molecule has 1 aliphatic rings. The fourth-order valence-corrected chi connectivity index (χ4v) is 5.78. The van der Waals surface area contributed by atoms with Gasteiger partial charge in [0.15, 0.2) is 12.4 Å². The largest absolute Gasteiger partial charge is 1.00 e. The Morgan fingerprint density at radius 3 is 2.43 bits per heavy atom. The van der Waals surface area contributed by atoms with E-state index in [4.69, 9.17) is 4.98 Å². The van der Waals surface area contributed by atoms with Crippen molar-refractivity contribution in [3.8, 4) is 11.4 Å². The van der Waals surface area contributed by atoms with Crippen molar-refractivity contribution in [1.82, 2.24) is 9.55 Å². The summed E-state index contributed by atoms with van der Waals surface area (Å²) in [6.45, 7) is 5.21. The van der Waals surface area contributed by atoms with Crippen LogP contribution < -0.4 is 33.4 Å². The Bertz CT molecular complexity index is 1520. The van der Waals surface area contributed by atoms with Crippen molar-refractivity contribution in [2.75, 3.05) is 11.4 Å². The lowest BCUT2D eigenvalue weighted by atomic mass is 10.2. The number of aryl methyl sites for hydroxylation is 1. The number of nitrogens with zero attached hydrogens (tertiary/aromatic N) is 4. The Balaban J connectivity index is 0.00000253. The minimum Gasteiger partial charge on any atom is -1.00 e. The highest BCUT2D eigenvalue weighted by Gasteiger charge is 2.23. The molecule has 174 valence electrons. The summed E-state index contributed by atoms with van der Waals surface area (Å²) in [4.78, 5) is 8.53. The molecule has 0 fully saturated rings. The molecule has 0 saturated carbocycles. The van der Waals surface area contributed by atoms with Gasteiger partial charge in [-0.25, -0.2) is 4.98 Å². The zero-order valence-corrected chi connectivity index (χ0v) is 22.6. The van der Waals surface area contributed by atoms with Crippen LogP contribution in [-0.4, -0.2) is 16.1 Å². The van der Waals surface area contributed by atoms with Crippen molar-refractivity contribution in [3.63, 3.8) is 0 Å². The van der Waals surface area contributed by atoms with Crippen molar-refractivity contribution < 1.29 is 28.5 Å². The fourth-order valence-electron chi connectivity index (χ4n) is 4.59. The number of hydrogen-bond acceptors (Lipinski definition) is 3. The molecule has 4 nitrogen and oxygen atoms in total. The zero-order chi connectivity index (χ0) is 23.1. The van der Waals surface area contributed by atoms with Gasteiger partial charge in [0.2, 0.25) is 5.69 Å². The van der Waals surface area contributed by atoms with Crippen molar-refractivity contribution in [2.45, 2.75) is 18.7 Å². The first kappa shape index (κ1) is 23.6. The third-order valence-corrected chi connectivity index (χ3v) is 7.33. The number of para-hydroxylation sites is 2. The summed E-state index contributed by atoms with van der Waals surface area (Å²) in [6.07, 6.45) is 6.52. The lowest BCUT2D eigenvalue weighted by Gasteiger charge is -2.17. The summed E-state index contributed by atoms with van der Waals surface area (Å²) in [6, 6.07) is 29.8. The molecule has 3 aromatic carbocycles. The van der Waals surface area contributed by atoms with Gasteiger partial charge in [-0.05, 0) is 55.8 Å². The number of fused-ring (bicyclic) bond motifs is 2. The second-order valence-corrected chi connectivity index (χ2v) is 9.40. The fraction of sp³-hybridized carbons (Fsp3) is 0.103. The molecule has 0 saturated heterocycles. The van der Waals surface area contributed by atoms with Gasteiger partial charge in [0.1, 0.15) is 5.82 Å². The standard InChI is InChI=1S/C29H25N4S.HI/c1-3-32-27-11-7-8-12-28(27)34-29(32)19-22-15-17-31(18-16-22)24-13-14-26-25(20-24)30-21(2)33(26)23-9-5-4-6-10-23;/h4-20H,3H2,1-2H3;1H/q+1;/p-1. The van der Waals surface area contributed by atoms with E-state index in [1.54, 1.807) is 0 Å². The van der Waals surface area contributed by atoms with E-state index in [1.807, 2.05) is 17.8 Å². The molecule has 0 atom stereocenters. The number of halogens is 1. The second-order valence-electron chi connectivity index (χ2n) is 8.34. The van der Waals surface area contributed by atoms with E-state index in [2.05, 4.69) is 125 Å². The van der Waals surface area contributed by atoms with E-state index < -0.39 is 0 Å². The van der Waals surface area contributed by atoms with Crippen LogP contribution in [0.2, 0.25) is 0 Å². The highest BCUT2D eigenvalue weighted by atomic mass is 127. The number of imidazole rings is 1. The Hall–Kier alpha value is -3.10. The van der Waals surface area contributed by atoms with Crippen LogP contribution in [0.1, 0.15) is 18.3 Å². The molecular formula is C29H25IN4S. The lowest BCUT2D eigenvalue weighted by molar-refractivity contribution is -0.595. The summed E-state index contributed by atoms with van der Waals surface area (Å²) in [7, 11) is 0. The Morgan fingerprint density at radius 1 is 0.914 bits per heavy atom. The maximum atomic E-state index is 4.83. The first-order valence-corrected chi connectivity index (χ1v) is 12.4. The highest BCUT2D eigenvalue weighted by molar-refractivity contribution is 8.03. The molecule has 0 aliphatic carbocycles. The molecule has 0 spiro atoms. The van der Waals surface area contributed by atoms with Gasteiger partial charge >= 0.3 is 0 Å². The molecule has 0 N–H and O–H groups in total. The first-order valence-electron chi connectivity index (χ1n) is 11.5. The molecule has 3 heterocycles. The summed E-state index contributed by atoms with van der Waals surface area (Å²) in [5.74, 6) is 0.987. The van der Waals surface area contributed by atoms with E-state index in [0.29, 0.717) is 0 Å². The Labute approximate surface area is 227 Å². The van der Waals surface area contributed by atoms with Crippen molar-refractivity contribution in [3.05, 3.63) is 114 Å². The number of hydrogen-bond donors (Lipinski definition) is 0. The van der Waals surface area contributed by atoms with E-state index in [-0.39, 0.29) is 24.0 Å². The molecule has 6 heteroatoms. The van der Waals surface area contributed by atoms with E-state index >= 15 is 0 Å². The third-order valence-electron chi connectivity index (χ3n) is 6.22. The van der Waals surface area contributed by atoms with Crippen LogP contribution in [0.5, 0.6) is 0 Å². The Kier molecular flexibility index (Phi) is 6.67. The smallest absolute Gasteiger partial charge is 0.212 e. The van der Waals surface area contributed by atoms with Crippen LogP contribution in [0, 0.1) is 6.92 Å². The minimum absolute atomic E-state index is 0. The molecule has 2 aromatic heterocycles. The summed E-state index contributed by atoms with van der Waals surface area (Å²) in [5, 5.41) is 1.27. The summed E-state index contributed by atoms with van der Waals surface area (Å²) in [5.41, 5.74) is 6.83. The zero-order valence-electron chi connectivity index (χ0n) is 19.6. The molecule has 0 bridgehead atoms. The van der Waals surface area contributed by atoms with Crippen molar-refractivity contribution >= 4 is 34.6 Å². The summed E-state index contributed by atoms with van der Waals surface area (Å²) >= 11 is 1.84. The highest BCUT2D eigenvalue weighted by Crippen LogP contribution is 2.46. The van der Waals surface area contributed by atoms with Crippen LogP contribution in [-0.2, 0) is 0 Å². The van der Waals surface area contributed by atoms with E-state index in [9.17, 15) is 0 Å². The molecule has 6 rings (SSSR count). The van der Waals surface area contributed by atoms with Crippen LogP contribution in [0.4, 0.5) is 5.69 Å². The predicted molar refractivity (Wildman–Crippen MR) is 141 cm³/mol. The van der Waals surface area contributed by atoms with Gasteiger partial charge in [0, 0.05) is 41.4 Å². The topological polar surface area (TPSA) is 24.9 Å². The van der Waals surface area contributed by atoms with Gasteiger partial charge in [0.05, 0.1) is 21.7 Å². The molecule has 1 aliphatic heterocycles. The minimum atomic E-state index is 0. The third kappa shape index (κ3) is 4.36. The van der Waals surface area contributed by atoms with Gasteiger partial charge < -0.3 is 28.9 Å². The predicted octanol–water partition coefficient (Wildman–Crippen LogP) is 3.55. The monoisotopic (exact) mass is 588 g/mol. The van der Waals surface area contributed by atoms with Gasteiger partial charge in [-0.2, -0.15) is 4.57 Å². The molecule has 35 heavy (non-hydrogen) atoms.